The predicted octanol–water partition coefficient (Wildman–Crippen LogP) is 1.83. The number of carbonyl (C=O) groups excluding carboxylic acids is 2. The van der Waals surface area contributed by atoms with Gasteiger partial charge < -0.3 is 19.9 Å². The number of H-pyrrole nitrogens is 1. The first kappa shape index (κ1) is 26.6. The van der Waals surface area contributed by atoms with Crippen molar-refractivity contribution in [2.75, 3.05) is 13.2 Å². The lowest BCUT2D eigenvalue weighted by Gasteiger charge is -2.19. The number of aromatic amines is 1. The van der Waals surface area contributed by atoms with E-state index in [0.717, 1.165) is 15.7 Å². The van der Waals surface area contributed by atoms with E-state index in [9.17, 15) is 19.2 Å². The average Bonchev–Trinajstić information content (AvgIpc) is 3.29. The van der Waals surface area contributed by atoms with Crippen LogP contribution in [0.2, 0.25) is 0 Å². The number of esters is 2. The zero-order valence-electron chi connectivity index (χ0n) is 20.9. The lowest BCUT2D eigenvalue weighted by Crippen LogP contribution is -2.34. The van der Waals surface area contributed by atoms with E-state index >= 15 is 0 Å². The van der Waals surface area contributed by atoms with Gasteiger partial charge in [0, 0.05) is 12.6 Å². The number of carbonyl (C=O) groups is 2. The van der Waals surface area contributed by atoms with Crippen LogP contribution in [0.25, 0.3) is 0 Å². The molecular formula is C28H27N3O7. The average molecular weight is 518 g/mol. The Hall–Kier alpha value is -4.46. The van der Waals surface area contributed by atoms with E-state index in [-0.39, 0.29) is 25.1 Å². The molecule has 1 aliphatic rings. The van der Waals surface area contributed by atoms with Crippen molar-refractivity contribution in [2.24, 2.45) is 5.73 Å². The van der Waals surface area contributed by atoms with Crippen LogP contribution in [0.5, 0.6) is 0 Å². The van der Waals surface area contributed by atoms with Gasteiger partial charge in [-0.25, -0.2) is 14.4 Å². The van der Waals surface area contributed by atoms with Crippen LogP contribution in [0.1, 0.15) is 50.1 Å². The Morgan fingerprint density at radius 1 is 1.03 bits per heavy atom. The van der Waals surface area contributed by atoms with Crippen molar-refractivity contribution in [1.29, 1.82) is 0 Å². The molecule has 1 saturated heterocycles. The molecule has 1 aliphatic heterocycles. The third-order valence-corrected chi connectivity index (χ3v) is 6.00. The van der Waals surface area contributed by atoms with E-state index in [1.165, 1.54) is 6.20 Å². The van der Waals surface area contributed by atoms with Crippen molar-refractivity contribution in [2.45, 2.75) is 38.7 Å². The predicted molar refractivity (Wildman–Crippen MR) is 138 cm³/mol. The third kappa shape index (κ3) is 6.26. The molecule has 10 heteroatoms. The van der Waals surface area contributed by atoms with E-state index in [0.29, 0.717) is 11.1 Å². The Kier molecular flexibility index (Phi) is 8.21. The third-order valence-electron chi connectivity index (χ3n) is 6.00. The zero-order valence-corrected chi connectivity index (χ0v) is 20.9. The molecule has 1 aromatic heterocycles. The zero-order chi connectivity index (χ0) is 27.2. The molecule has 38 heavy (non-hydrogen) atoms. The first-order valence-electron chi connectivity index (χ1n) is 12.0. The Balaban J connectivity index is 1.57. The molecule has 196 valence electrons. The van der Waals surface area contributed by atoms with Gasteiger partial charge in [-0.3, -0.25) is 14.3 Å². The van der Waals surface area contributed by atoms with Crippen LogP contribution in [0.3, 0.4) is 0 Å². The van der Waals surface area contributed by atoms with E-state index < -0.39 is 41.6 Å². The summed E-state index contributed by atoms with van der Waals surface area (Å²) in [5, 5.41) is 0. The molecule has 10 nitrogen and oxygen atoms in total. The second-order valence-corrected chi connectivity index (χ2v) is 8.85. The number of ether oxygens (including phenoxy) is 3. The fraction of sp³-hybridized carbons (Fsp3) is 0.286. The Labute approximate surface area is 218 Å². The van der Waals surface area contributed by atoms with Crippen molar-refractivity contribution in [1.82, 2.24) is 9.55 Å². The highest BCUT2D eigenvalue weighted by Gasteiger charge is 2.40. The summed E-state index contributed by atoms with van der Waals surface area (Å²) in [6.07, 6.45) is -1.30. The maximum atomic E-state index is 12.8. The highest BCUT2D eigenvalue weighted by Crippen LogP contribution is 2.31. The molecular weight excluding hydrogens is 490 g/mol. The molecule has 3 N–H and O–H groups in total. The van der Waals surface area contributed by atoms with E-state index in [1.807, 2.05) is 13.8 Å². The van der Waals surface area contributed by atoms with Gasteiger partial charge in [-0.1, -0.05) is 47.2 Å². The number of hydrogen-bond acceptors (Lipinski definition) is 8. The molecule has 3 atom stereocenters. The van der Waals surface area contributed by atoms with Crippen LogP contribution >= 0.6 is 0 Å². The summed E-state index contributed by atoms with van der Waals surface area (Å²) in [4.78, 5) is 52.3. The van der Waals surface area contributed by atoms with Crippen molar-refractivity contribution < 1.29 is 23.8 Å². The van der Waals surface area contributed by atoms with Gasteiger partial charge in [0.05, 0.1) is 17.7 Å². The molecule has 0 amide bonds. The van der Waals surface area contributed by atoms with Crippen LogP contribution in [-0.2, 0) is 14.2 Å². The monoisotopic (exact) mass is 517 g/mol. The lowest BCUT2D eigenvalue weighted by molar-refractivity contribution is -0.0582. The van der Waals surface area contributed by atoms with Crippen molar-refractivity contribution >= 4 is 11.9 Å². The molecule has 0 spiro atoms. The second-order valence-electron chi connectivity index (χ2n) is 8.85. The van der Waals surface area contributed by atoms with Gasteiger partial charge >= 0.3 is 17.6 Å². The minimum absolute atomic E-state index is 0.0288. The number of nitrogens with one attached hydrogen (secondary N) is 1. The van der Waals surface area contributed by atoms with Crippen molar-refractivity contribution in [3.63, 3.8) is 0 Å². The number of rotatable bonds is 6. The van der Waals surface area contributed by atoms with Crippen LogP contribution < -0.4 is 17.0 Å². The van der Waals surface area contributed by atoms with Crippen LogP contribution in [0, 0.1) is 25.7 Å². The number of nitrogens with two attached hydrogens (primary N) is 1. The number of aromatic nitrogens is 2. The summed E-state index contributed by atoms with van der Waals surface area (Å²) >= 11 is 0. The first-order valence-corrected chi connectivity index (χ1v) is 12.0. The first-order chi connectivity index (χ1) is 18.2. The molecule has 4 rings (SSSR count). The second kappa shape index (κ2) is 11.7. The topological polar surface area (TPSA) is 143 Å². The molecule has 0 bridgehead atoms. The summed E-state index contributed by atoms with van der Waals surface area (Å²) in [5.41, 5.74) is 6.72. The largest absolute Gasteiger partial charge is 0.459 e. The lowest BCUT2D eigenvalue weighted by atomic mass is 10.1. The summed E-state index contributed by atoms with van der Waals surface area (Å²) in [6.45, 7) is 3.61. The maximum Gasteiger partial charge on any atom is 0.338 e. The number of aryl methyl sites for hydroxylation is 2. The van der Waals surface area contributed by atoms with Gasteiger partial charge in [0.25, 0.3) is 5.56 Å². The molecule has 1 fully saturated rings. The van der Waals surface area contributed by atoms with Crippen LogP contribution in [0.4, 0.5) is 0 Å². The standard InChI is InChI=1S/C28H27N3O7/c1-17-5-9-19(10-6-17)26(33)36-16-23-22(38-27(34)20-11-7-18(2)8-12-20)14-24(37-23)31-15-21(4-3-13-29)25(32)30-28(31)35/h5-12,15,22-24H,13-14,16,29H2,1-2H3,(H,30,32,35)/t22-,23+,24+/m0/s1. The SMILES string of the molecule is Cc1ccc(C(=O)OC[C@H]2O[C@@H](n3cc(C#CCN)c(=O)[nH]c3=O)C[C@@H]2OC(=O)c2ccc(C)cc2)cc1. The molecule has 0 radical (unpaired) electrons. The smallest absolute Gasteiger partial charge is 0.338 e. The summed E-state index contributed by atoms with van der Waals surface area (Å²) < 4.78 is 18.4. The quantitative estimate of drug-likeness (QED) is 0.373. The molecule has 0 saturated carbocycles. The van der Waals surface area contributed by atoms with E-state index in [1.54, 1.807) is 48.5 Å². The van der Waals surface area contributed by atoms with Crippen molar-refractivity contribution in [3.8, 4) is 11.8 Å². The van der Waals surface area contributed by atoms with Crippen LogP contribution in [-0.4, -0.2) is 46.8 Å². The molecule has 2 aromatic carbocycles. The van der Waals surface area contributed by atoms with E-state index in [4.69, 9.17) is 19.9 Å². The highest BCUT2D eigenvalue weighted by atomic mass is 16.6. The van der Waals surface area contributed by atoms with Gasteiger partial charge in [-0.05, 0) is 38.1 Å². The minimum Gasteiger partial charge on any atom is -0.459 e. The number of hydrogen-bond donors (Lipinski definition) is 2. The van der Waals surface area contributed by atoms with Crippen molar-refractivity contribution in [3.05, 3.63) is 103 Å². The summed E-state index contributed by atoms with van der Waals surface area (Å²) in [5.74, 6) is 4.04. The summed E-state index contributed by atoms with van der Waals surface area (Å²) in [6, 6.07) is 13.7. The molecule has 3 aromatic rings. The fourth-order valence-electron chi connectivity index (χ4n) is 3.91. The van der Waals surface area contributed by atoms with Gasteiger partial charge in [-0.15, -0.1) is 0 Å². The highest BCUT2D eigenvalue weighted by molar-refractivity contribution is 5.90. The van der Waals surface area contributed by atoms with E-state index in [2.05, 4.69) is 16.8 Å². The minimum atomic E-state index is -0.920. The number of benzene rings is 2. The van der Waals surface area contributed by atoms with Gasteiger partial charge in [0.15, 0.2) is 0 Å². The Morgan fingerprint density at radius 2 is 1.63 bits per heavy atom. The fourth-order valence-corrected chi connectivity index (χ4v) is 3.91. The molecule has 2 heterocycles. The van der Waals surface area contributed by atoms with Gasteiger partial charge in [0.2, 0.25) is 0 Å². The molecule has 0 unspecified atom stereocenters. The van der Waals surface area contributed by atoms with Crippen LogP contribution in [0.15, 0.2) is 64.3 Å². The Bertz CT molecular complexity index is 1490. The van der Waals surface area contributed by atoms with Gasteiger partial charge in [-0.2, -0.15) is 0 Å². The Morgan fingerprint density at radius 3 is 2.24 bits per heavy atom. The molecule has 0 aliphatic carbocycles. The normalized spacial score (nSPS) is 18.3. The van der Waals surface area contributed by atoms with Gasteiger partial charge in [0.1, 0.15) is 30.6 Å². The number of nitrogens with zero attached hydrogens (tertiary/aromatic N) is 1. The summed E-state index contributed by atoms with van der Waals surface area (Å²) in [7, 11) is 0. The maximum absolute atomic E-state index is 12.8.